The lowest BCUT2D eigenvalue weighted by Gasteiger charge is -2.28. The van der Waals surface area contributed by atoms with E-state index in [0.29, 0.717) is 16.6 Å². The first kappa shape index (κ1) is 17.4. The van der Waals surface area contributed by atoms with E-state index >= 15 is 0 Å². The van der Waals surface area contributed by atoms with Crippen molar-refractivity contribution in [3.05, 3.63) is 45.4 Å². The molecule has 22 heavy (non-hydrogen) atoms. The third kappa shape index (κ3) is 3.68. The molecule has 4 nitrogen and oxygen atoms in total. The SMILES string of the molecule is Cc1nc(N)sc1[C@@H](CC(C)(C)S(N)=O)c1ccccc1Cl. The van der Waals surface area contributed by atoms with Gasteiger partial charge < -0.3 is 5.73 Å². The lowest BCUT2D eigenvalue weighted by Crippen LogP contribution is -2.34. The summed E-state index contributed by atoms with van der Waals surface area (Å²) in [6.45, 7) is 5.72. The second-order valence-corrected chi connectivity index (χ2v) is 9.01. The highest BCUT2D eigenvalue weighted by molar-refractivity contribution is 7.84. The third-order valence-electron chi connectivity index (χ3n) is 3.69. The van der Waals surface area contributed by atoms with Gasteiger partial charge in [0.05, 0.1) is 21.4 Å². The number of nitrogens with zero attached hydrogens (tertiary/aromatic N) is 1. The van der Waals surface area contributed by atoms with E-state index in [0.717, 1.165) is 16.1 Å². The van der Waals surface area contributed by atoms with E-state index in [2.05, 4.69) is 4.98 Å². The summed E-state index contributed by atoms with van der Waals surface area (Å²) in [6.07, 6.45) is 0.600. The van der Waals surface area contributed by atoms with Gasteiger partial charge in [0.2, 0.25) is 0 Å². The van der Waals surface area contributed by atoms with Gasteiger partial charge in [-0.15, -0.1) is 11.3 Å². The average Bonchev–Trinajstić information content (AvgIpc) is 2.75. The minimum atomic E-state index is -1.44. The van der Waals surface area contributed by atoms with Gasteiger partial charge in [-0.3, -0.25) is 5.14 Å². The predicted octanol–water partition coefficient (Wildman–Crippen LogP) is 3.61. The molecule has 1 heterocycles. The van der Waals surface area contributed by atoms with Crippen LogP contribution in [0.5, 0.6) is 0 Å². The molecule has 0 aliphatic heterocycles. The largest absolute Gasteiger partial charge is 0.375 e. The molecule has 0 aliphatic carbocycles. The topological polar surface area (TPSA) is 82.0 Å². The van der Waals surface area contributed by atoms with E-state index in [1.807, 2.05) is 45.0 Å². The molecule has 1 aromatic carbocycles. The van der Waals surface area contributed by atoms with Crippen molar-refractivity contribution in [1.82, 2.24) is 4.98 Å². The number of rotatable bonds is 5. The summed E-state index contributed by atoms with van der Waals surface area (Å²) < 4.78 is 11.3. The molecular weight excluding hydrogens is 338 g/mol. The van der Waals surface area contributed by atoms with Crippen LogP contribution in [0, 0.1) is 6.92 Å². The molecule has 0 fully saturated rings. The number of thiazole rings is 1. The number of nitrogen functional groups attached to an aromatic ring is 1. The highest BCUT2D eigenvalue weighted by Crippen LogP contribution is 2.41. The minimum absolute atomic E-state index is 0.0361. The summed E-state index contributed by atoms with van der Waals surface area (Å²) in [5.41, 5.74) is 7.71. The molecule has 120 valence electrons. The molecule has 0 aliphatic rings. The van der Waals surface area contributed by atoms with E-state index in [-0.39, 0.29) is 5.92 Å². The van der Waals surface area contributed by atoms with Crippen molar-refractivity contribution in [2.24, 2.45) is 5.14 Å². The maximum Gasteiger partial charge on any atom is 0.180 e. The molecule has 0 radical (unpaired) electrons. The zero-order valence-electron chi connectivity index (χ0n) is 12.8. The van der Waals surface area contributed by atoms with Crippen molar-refractivity contribution in [2.45, 2.75) is 37.9 Å². The smallest absolute Gasteiger partial charge is 0.180 e. The maximum atomic E-state index is 11.9. The van der Waals surface area contributed by atoms with Crippen LogP contribution in [-0.4, -0.2) is 13.9 Å². The van der Waals surface area contributed by atoms with Crippen LogP contribution in [-0.2, 0) is 11.0 Å². The number of hydrogen-bond acceptors (Lipinski definition) is 4. The average molecular weight is 358 g/mol. The Morgan fingerprint density at radius 1 is 1.41 bits per heavy atom. The van der Waals surface area contributed by atoms with E-state index in [9.17, 15) is 4.21 Å². The number of aryl methyl sites for hydroxylation is 1. The lowest BCUT2D eigenvalue weighted by molar-refractivity contribution is 0.559. The van der Waals surface area contributed by atoms with Crippen LogP contribution < -0.4 is 10.9 Å². The Kier molecular flexibility index (Phi) is 5.27. The molecule has 1 aromatic heterocycles. The molecule has 0 saturated heterocycles. The Morgan fingerprint density at radius 3 is 2.55 bits per heavy atom. The maximum absolute atomic E-state index is 11.9. The van der Waals surface area contributed by atoms with Crippen molar-refractivity contribution >= 4 is 39.1 Å². The van der Waals surface area contributed by atoms with E-state index in [1.165, 1.54) is 11.3 Å². The van der Waals surface area contributed by atoms with Gasteiger partial charge in [-0.2, -0.15) is 0 Å². The number of benzene rings is 1. The molecule has 0 amide bonds. The van der Waals surface area contributed by atoms with Gasteiger partial charge in [0.15, 0.2) is 5.13 Å². The Balaban J connectivity index is 2.53. The zero-order valence-corrected chi connectivity index (χ0v) is 15.2. The van der Waals surface area contributed by atoms with Gasteiger partial charge in [0.25, 0.3) is 0 Å². The molecule has 7 heteroatoms. The Labute approximate surface area is 142 Å². The summed E-state index contributed by atoms with van der Waals surface area (Å²) in [5.74, 6) is -0.0361. The minimum Gasteiger partial charge on any atom is -0.375 e. The van der Waals surface area contributed by atoms with E-state index in [1.54, 1.807) is 0 Å². The monoisotopic (exact) mass is 357 g/mol. The van der Waals surface area contributed by atoms with Gasteiger partial charge >= 0.3 is 0 Å². The predicted molar refractivity (Wildman–Crippen MR) is 95.6 cm³/mol. The molecule has 2 aromatic rings. The van der Waals surface area contributed by atoms with E-state index in [4.69, 9.17) is 22.5 Å². The number of nitrogens with two attached hydrogens (primary N) is 2. The van der Waals surface area contributed by atoms with Crippen LogP contribution in [0.3, 0.4) is 0 Å². The first-order valence-corrected chi connectivity index (χ1v) is 9.26. The van der Waals surface area contributed by atoms with Crippen LogP contribution in [0.25, 0.3) is 0 Å². The molecule has 2 atom stereocenters. The van der Waals surface area contributed by atoms with Crippen LogP contribution in [0.15, 0.2) is 24.3 Å². The Hall–Kier alpha value is -0.950. The number of anilines is 1. The van der Waals surface area contributed by atoms with Crippen molar-refractivity contribution in [3.8, 4) is 0 Å². The molecule has 0 saturated carbocycles. The first-order chi connectivity index (χ1) is 10.2. The van der Waals surface area contributed by atoms with Crippen molar-refractivity contribution in [1.29, 1.82) is 0 Å². The standard InChI is InChI=1S/C15H20ClN3OS2/c1-9-13(21-14(17)19-9)11(8-15(2,3)22(18)20)10-6-4-5-7-12(10)16/h4-7,11H,8,18H2,1-3H3,(H2,17,19)/t11-,22?/m0/s1. The second-order valence-electron chi connectivity index (χ2n) is 5.84. The summed E-state index contributed by atoms with van der Waals surface area (Å²) in [4.78, 5) is 5.35. The van der Waals surface area contributed by atoms with E-state index < -0.39 is 15.7 Å². The van der Waals surface area contributed by atoms with Crippen LogP contribution in [0.1, 0.15) is 42.3 Å². The molecule has 0 spiro atoms. The fourth-order valence-electron chi connectivity index (χ4n) is 2.43. The first-order valence-electron chi connectivity index (χ1n) is 6.86. The second kappa shape index (κ2) is 6.66. The van der Waals surface area contributed by atoms with Crippen LogP contribution in [0.4, 0.5) is 5.13 Å². The van der Waals surface area contributed by atoms with Crippen LogP contribution >= 0.6 is 22.9 Å². The molecule has 0 bridgehead atoms. The highest BCUT2D eigenvalue weighted by atomic mass is 35.5. The number of aromatic nitrogens is 1. The number of halogens is 1. The molecular formula is C15H20ClN3OS2. The molecule has 4 N–H and O–H groups in total. The highest BCUT2D eigenvalue weighted by Gasteiger charge is 2.32. The van der Waals surface area contributed by atoms with Gasteiger partial charge in [-0.05, 0) is 38.8 Å². The molecule has 1 unspecified atom stereocenters. The van der Waals surface area contributed by atoms with Crippen molar-refractivity contribution < 1.29 is 4.21 Å². The Bertz CT molecular complexity index is 700. The summed E-state index contributed by atoms with van der Waals surface area (Å²) in [5, 5.41) is 6.86. The fraction of sp³-hybridized carbons (Fsp3) is 0.400. The lowest BCUT2D eigenvalue weighted by atomic mass is 9.88. The summed E-state index contributed by atoms with van der Waals surface area (Å²) in [6, 6.07) is 7.68. The third-order valence-corrected chi connectivity index (χ3v) is 6.39. The fourth-order valence-corrected chi connectivity index (χ4v) is 3.98. The van der Waals surface area contributed by atoms with Crippen molar-refractivity contribution in [2.75, 3.05) is 5.73 Å². The van der Waals surface area contributed by atoms with Gasteiger partial charge in [0, 0.05) is 15.8 Å². The van der Waals surface area contributed by atoms with Gasteiger partial charge in [-0.1, -0.05) is 29.8 Å². The summed E-state index contributed by atoms with van der Waals surface area (Å²) >= 11 is 7.83. The normalized spacial score (nSPS) is 14.8. The van der Waals surface area contributed by atoms with Crippen LogP contribution in [0.2, 0.25) is 5.02 Å². The van der Waals surface area contributed by atoms with Gasteiger partial charge in [0.1, 0.15) is 0 Å². The van der Waals surface area contributed by atoms with Crippen molar-refractivity contribution in [3.63, 3.8) is 0 Å². The summed E-state index contributed by atoms with van der Waals surface area (Å²) in [7, 11) is -1.44. The van der Waals surface area contributed by atoms with Gasteiger partial charge in [-0.25, -0.2) is 9.19 Å². The Morgan fingerprint density at radius 2 is 2.05 bits per heavy atom. The zero-order chi connectivity index (χ0) is 16.5. The molecule has 2 rings (SSSR count). The quantitative estimate of drug-likeness (QED) is 0.857. The number of hydrogen-bond donors (Lipinski definition) is 2.